The Morgan fingerprint density at radius 1 is 0.864 bits per heavy atom. The molecule has 0 fully saturated rings. The Bertz CT molecular complexity index is 1490. The van der Waals surface area contributed by atoms with Crippen molar-refractivity contribution in [1.29, 1.82) is 0 Å². The Balaban J connectivity index is 2.12. The molecule has 0 radical (unpaired) electrons. The summed E-state index contributed by atoms with van der Waals surface area (Å²) in [6.45, 7) is 5.68. The Labute approximate surface area is 261 Å². The molecule has 11 heteroatoms. The van der Waals surface area contributed by atoms with Crippen molar-refractivity contribution in [3.63, 3.8) is 0 Å². The topological polar surface area (TPSA) is 114 Å². The lowest BCUT2D eigenvalue weighted by Gasteiger charge is -2.33. The highest BCUT2D eigenvalue weighted by Gasteiger charge is 2.35. The molecule has 0 spiro atoms. The largest absolute Gasteiger partial charge is 0.497 e. The molecule has 0 aliphatic rings. The highest BCUT2D eigenvalue weighted by Crippen LogP contribution is 2.36. The predicted octanol–water partition coefficient (Wildman–Crippen LogP) is 4.94. The smallest absolute Gasteiger partial charge is 0.264 e. The second-order valence-electron chi connectivity index (χ2n) is 10.3. The maximum atomic E-state index is 14.3. The minimum Gasteiger partial charge on any atom is -0.497 e. The number of benzene rings is 3. The van der Waals surface area contributed by atoms with Gasteiger partial charge in [-0.15, -0.1) is 0 Å². The van der Waals surface area contributed by atoms with Crippen molar-refractivity contribution in [3.8, 4) is 17.2 Å². The average molecular weight is 626 g/mol. The van der Waals surface area contributed by atoms with E-state index in [1.165, 1.54) is 37.3 Å². The van der Waals surface area contributed by atoms with Crippen LogP contribution in [0.2, 0.25) is 0 Å². The summed E-state index contributed by atoms with van der Waals surface area (Å²) in [5.74, 6) is 0.416. The van der Waals surface area contributed by atoms with Gasteiger partial charge in [0.15, 0.2) is 0 Å². The molecule has 0 saturated carbocycles. The second-order valence-corrected chi connectivity index (χ2v) is 12.2. The molecular formula is C33H43N3O7S. The fourth-order valence-electron chi connectivity index (χ4n) is 4.70. The van der Waals surface area contributed by atoms with Gasteiger partial charge in [0.05, 0.1) is 31.9 Å². The van der Waals surface area contributed by atoms with Gasteiger partial charge in [-0.25, -0.2) is 8.42 Å². The maximum absolute atomic E-state index is 14.3. The molecule has 3 aromatic rings. The normalized spacial score (nSPS) is 11.8. The molecule has 44 heavy (non-hydrogen) atoms. The molecule has 10 nitrogen and oxygen atoms in total. The van der Waals surface area contributed by atoms with Gasteiger partial charge in [-0.2, -0.15) is 0 Å². The van der Waals surface area contributed by atoms with Crippen LogP contribution in [0.25, 0.3) is 0 Å². The van der Waals surface area contributed by atoms with Crippen molar-refractivity contribution in [1.82, 2.24) is 10.2 Å². The van der Waals surface area contributed by atoms with Gasteiger partial charge in [-0.3, -0.25) is 13.9 Å². The summed E-state index contributed by atoms with van der Waals surface area (Å²) in [4.78, 5) is 29.1. The SMILES string of the molecule is CCCCNC(=O)C(CC)N(Cc1ccc(OC)cc1)C(=O)CN(c1cc(OC)ccc1OC)S(=O)(=O)c1ccc(C)cc1. The fraction of sp³-hybridized carbons (Fsp3) is 0.394. The third-order valence-corrected chi connectivity index (χ3v) is 9.04. The van der Waals surface area contributed by atoms with E-state index in [0.717, 1.165) is 28.3 Å². The minimum absolute atomic E-state index is 0.00632. The van der Waals surface area contributed by atoms with E-state index in [9.17, 15) is 18.0 Å². The first-order valence-electron chi connectivity index (χ1n) is 14.6. The summed E-state index contributed by atoms with van der Waals surface area (Å²) < 4.78 is 45.6. The summed E-state index contributed by atoms with van der Waals surface area (Å²) in [5.41, 5.74) is 1.77. The van der Waals surface area contributed by atoms with Gasteiger partial charge in [-0.1, -0.05) is 50.1 Å². The Morgan fingerprint density at radius 2 is 1.50 bits per heavy atom. The van der Waals surface area contributed by atoms with E-state index in [4.69, 9.17) is 14.2 Å². The standard InChI is InChI=1S/C33H43N3O7S/c1-7-9-20-34-33(38)29(8-2)35(22-25-12-14-26(41-4)15-13-25)32(37)23-36(30-21-27(42-5)16-19-31(30)43-6)44(39,40)28-17-10-24(3)11-18-28/h10-19,21,29H,7-9,20,22-23H2,1-6H3,(H,34,38). The number of rotatable bonds is 16. The number of sulfonamides is 1. The zero-order valence-electron chi connectivity index (χ0n) is 26.3. The number of ether oxygens (including phenoxy) is 3. The molecule has 0 saturated heterocycles. The number of methoxy groups -OCH3 is 3. The average Bonchev–Trinajstić information content (AvgIpc) is 3.03. The van der Waals surface area contributed by atoms with Crippen LogP contribution in [0.1, 0.15) is 44.2 Å². The van der Waals surface area contributed by atoms with Crippen molar-refractivity contribution in [2.24, 2.45) is 0 Å². The van der Waals surface area contributed by atoms with Gasteiger partial charge in [0.1, 0.15) is 29.8 Å². The Kier molecular flexibility index (Phi) is 12.5. The molecule has 1 unspecified atom stereocenters. The van der Waals surface area contributed by atoms with Crippen molar-refractivity contribution in [2.75, 3.05) is 38.7 Å². The molecule has 0 aliphatic heterocycles. The fourth-order valence-corrected chi connectivity index (χ4v) is 6.11. The Hall–Kier alpha value is -4.25. The molecule has 2 amide bonds. The molecule has 0 heterocycles. The number of hydrogen-bond acceptors (Lipinski definition) is 7. The molecule has 3 aromatic carbocycles. The second kappa shape index (κ2) is 16.0. The summed E-state index contributed by atoms with van der Waals surface area (Å²) in [5, 5.41) is 2.93. The summed E-state index contributed by atoms with van der Waals surface area (Å²) in [6, 6.07) is 17.5. The van der Waals surface area contributed by atoms with Gasteiger partial charge >= 0.3 is 0 Å². The van der Waals surface area contributed by atoms with E-state index in [2.05, 4.69) is 5.32 Å². The molecule has 0 aromatic heterocycles. The van der Waals surface area contributed by atoms with Crippen LogP contribution >= 0.6 is 0 Å². The van der Waals surface area contributed by atoms with Crippen LogP contribution in [0.5, 0.6) is 17.2 Å². The number of unbranched alkanes of at least 4 members (excludes halogenated alkanes) is 1. The molecule has 3 rings (SSSR count). The number of carbonyl (C=O) groups excluding carboxylic acids is 2. The first-order chi connectivity index (χ1) is 21.1. The predicted molar refractivity (Wildman–Crippen MR) is 171 cm³/mol. The quantitative estimate of drug-likeness (QED) is 0.224. The number of amides is 2. The van der Waals surface area contributed by atoms with Gasteiger partial charge in [-0.05, 0) is 61.7 Å². The van der Waals surface area contributed by atoms with Gasteiger partial charge in [0, 0.05) is 19.2 Å². The molecule has 1 N–H and O–H groups in total. The molecular weight excluding hydrogens is 582 g/mol. The number of anilines is 1. The van der Waals surface area contributed by atoms with Gasteiger partial charge in [0.25, 0.3) is 10.0 Å². The zero-order valence-corrected chi connectivity index (χ0v) is 27.1. The van der Waals surface area contributed by atoms with Crippen LogP contribution in [-0.4, -0.2) is 65.6 Å². The molecule has 0 aliphatic carbocycles. The third-order valence-electron chi connectivity index (χ3n) is 7.27. The van der Waals surface area contributed by atoms with Crippen molar-refractivity contribution >= 4 is 27.5 Å². The van der Waals surface area contributed by atoms with Crippen LogP contribution in [0.15, 0.2) is 71.6 Å². The van der Waals surface area contributed by atoms with Gasteiger partial charge < -0.3 is 24.4 Å². The van der Waals surface area contributed by atoms with E-state index in [-0.39, 0.29) is 28.8 Å². The van der Waals surface area contributed by atoms with E-state index in [1.54, 1.807) is 43.5 Å². The lowest BCUT2D eigenvalue weighted by Crippen LogP contribution is -2.52. The number of hydrogen-bond donors (Lipinski definition) is 1. The molecule has 0 bridgehead atoms. The van der Waals surface area contributed by atoms with Crippen molar-refractivity contribution < 1.29 is 32.2 Å². The van der Waals surface area contributed by atoms with E-state index in [0.29, 0.717) is 24.5 Å². The lowest BCUT2D eigenvalue weighted by atomic mass is 10.1. The number of nitrogens with one attached hydrogen (secondary N) is 1. The van der Waals surface area contributed by atoms with Crippen LogP contribution in [0.4, 0.5) is 5.69 Å². The van der Waals surface area contributed by atoms with E-state index < -0.39 is 28.5 Å². The highest BCUT2D eigenvalue weighted by atomic mass is 32.2. The highest BCUT2D eigenvalue weighted by molar-refractivity contribution is 7.92. The van der Waals surface area contributed by atoms with Crippen LogP contribution < -0.4 is 23.8 Å². The zero-order chi connectivity index (χ0) is 32.3. The number of carbonyl (C=O) groups is 2. The first kappa shape index (κ1) is 34.2. The van der Waals surface area contributed by atoms with Crippen LogP contribution in [-0.2, 0) is 26.2 Å². The van der Waals surface area contributed by atoms with Gasteiger partial charge in [0.2, 0.25) is 11.8 Å². The lowest BCUT2D eigenvalue weighted by molar-refractivity contribution is -0.140. The molecule has 238 valence electrons. The summed E-state index contributed by atoms with van der Waals surface area (Å²) in [6.07, 6.45) is 2.03. The van der Waals surface area contributed by atoms with E-state index >= 15 is 0 Å². The van der Waals surface area contributed by atoms with Crippen LogP contribution in [0, 0.1) is 6.92 Å². The van der Waals surface area contributed by atoms with Crippen LogP contribution in [0.3, 0.4) is 0 Å². The van der Waals surface area contributed by atoms with Crippen molar-refractivity contribution in [2.45, 2.75) is 57.5 Å². The Morgan fingerprint density at radius 3 is 2.07 bits per heavy atom. The minimum atomic E-state index is -4.28. The molecule has 1 atom stereocenters. The maximum Gasteiger partial charge on any atom is 0.264 e. The summed E-state index contributed by atoms with van der Waals surface area (Å²) in [7, 11) is 0.180. The first-order valence-corrected chi connectivity index (χ1v) is 16.0. The summed E-state index contributed by atoms with van der Waals surface area (Å²) >= 11 is 0. The number of nitrogens with zero attached hydrogens (tertiary/aromatic N) is 2. The monoisotopic (exact) mass is 625 g/mol. The van der Waals surface area contributed by atoms with Crippen molar-refractivity contribution in [3.05, 3.63) is 77.9 Å². The number of aryl methyl sites for hydroxylation is 1. The van der Waals surface area contributed by atoms with E-state index in [1.807, 2.05) is 32.9 Å². The third kappa shape index (κ3) is 8.43.